The van der Waals surface area contributed by atoms with Crippen LogP contribution in [-0.4, -0.2) is 5.91 Å². The average Bonchev–Trinajstić information content (AvgIpc) is 2.77. The summed E-state index contributed by atoms with van der Waals surface area (Å²) in [5.41, 5.74) is 1.76. The van der Waals surface area contributed by atoms with Gasteiger partial charge in [-0.1, -0.05) is 18.2 Å². The highest BCUT2D eigenvalue weighted by Crippen LogP contribution is 2.20. The average molecular weight is 228 g/mol. The summed E-state index contributed by atoms with van der Waals surface area (Å²) >= 11 is 0. The molecule has 0 bridgehead atoms. The number of furan rings is 1. The van der Waals surface area contributed by atoms with Crippen molar-refractivity contribution in [2.24, 2.45) is 0 Å². The van der Waals surface area contributed by atoms with E-state index in [0.29, 0.717) is 6.54 Å². The fourth-order valence-electron chi connectivity index (χ4n) is 1.62. The van der Waals surface area contributed by atoms with Gasteiger partial charge < -0.3 is 9.73 Å². The molecule has 0 radical (unpaired) electrons. The number of hydrogen-bond acceptors (Lipinski definition) is 3. The zero-order chi connectivity index (χ0) is 12.1. The zero-order valence-electron chi connectivity index (χ0n) is 9.27. The first-order chi connectivity index (χ1) is 8.31. The summed E-state index contributed by atoms with van der Waals surface area (Å²) in [5, 5.41) is 12.1. The summed E-state index contributed by atoms with van der Waals surface area (Å²) in [5.74, 6) is -0.114. The molecule has 0 fully saturated rings. The van der Waals surface area contributed by atoms with Crippen molar-refractivity contribution in [3.05, 3.63) is 36.1 Å². The second kappa shape index (κ2) is 5.17. The highest BCUT2D eigenvalue weighted by Gasteiger charge is 2.06. The van der Waals surface area contributed by atoms with Crippen molar-refractivity contribution in [1.82, 2.24) is 5.32 Å². The van der Waals surface area contributed by atoms with Crippen LogP contribution in [0.3, 0.4) is 0 Å². The third-order valence-corrected chi connectivity index (χ3v) is 2.50. The van der Waals surface area contributed by atoms with Crippen molar-refractivity contribution in [2.45, 2.75) is 19.4 Å². The summed E-state index contributed by atoms with van der Waals surface area (Å²) in [6.45, 7) is 0.432. The van der Waals surface area contributed by atoms with Crippen LogP contribution in [0.25, 0.3) is 11.0 Å². The Hall–Kier alpha value is -2.28. The lowest BCUT2D eigenvalue weighted by atomic mass is 10.2. The Morgan fingerprint density at radius 2 is 2.24 bits per heavy atom. The minimum absolute atomic E-state index is 0.114. The molecule has 2 aromatic rings. The maximum absolute atomic E-state index is 11.3. The Bertz CT molecular complexity index is 566. The van der Waals surface area contributed by atoms with E-state index in [9.17, 15) is 4.79 Å². The van der Waals surface area contributed by atoms with Crippen LogP contribution in [0.2, 0.25) is 0 Å². The maximum Gasteiger partial charge on any atom is 0.221 e. The molecule has 1 amide bonds. The van der Waals surface area contributed by atoms with Gasteiger partial charge in [-0.15, -0.1) is 0 Å². The molecule has 86 valence electrons. The molecule has 0 spiro atoms. The number of nitrogens with zero attached hydrogens (tertiary/aromatic N) is 1. The quantitative estimate of drug-likeness (QED) is 0.873. The first-order valence-electron chi connectivity index (χ1n) is 5.40. The van der Waals surface area contributed by atoms with E-state index < -0.39 is 0 Å². The summed E-state index contributed by atoms with van der Waals surface area (Å²) in [6, 6.07) is 9.61. The molecule has 1 heterocycles. The Kier molecular flexibility index (Phi) is 3.41. The number of benzene rings is 1. The largest absolute Gasteiger partial charge is 0.464 e. The van der Waals surface area contributed by atoms with Gasteiger partial charge in [-0.25, -0.2) is 0 Å². The van der Waals surface area contributed by atoms with E-state index in [-0.39, 0.29) is 18.7 Å². The molecule has 1 aromatic carbocycles. The molecule has 0 saturated carbocycles. The molecule has 0 unspecified atom stereocenters. The minimum atomic E-state index is -0.114. The van der Waals surface area contributed by atoms with Crippen molar-refractivity contribution >= 4 is 16.9 Å². The number of rotatable bonds is 4. The van der Waals surface area contributed by atoms with Crippen LogP contribution in [0.1, 0.15) is 18.4 Å². The molecule has 0 aliphatic carbocycles. The Morgan fingerprint density at radius 1 is 1.41 bits per heavy atom. The highest BCUT2D eigenvalue weighted by atomic mass is 16.3. The number of carbonyl (C=O) groups is 1. The van der Waals surface area contributed by atoms with Gasteiger partial charge in [0.15, 0.2) is 0 Å². The number of carbonyl (C=O) groups excluding carboxylic acids is 1. The second-order valence-electron chi connectivity index (χ2n) is 3.69. The molecule has 0 atom stereocenters. The van der Waals surface area contributed by atoms with Crippen molar-refractivity contribution in [2.75, 3.05) is 0 Å². The third-order valence-electron chi connectivity index (χ3n) is 2.50. The van der Waals surface area contributed by atoms with Crippen LogP contribution in [0.4, 0.5) is 0 Å². The number of para-hydroxylation sites is 1. The first kappa shape index (κ1) is 11.2. The normalized spacial score (nSPS) is 10.1. The van der Waals surface area contributed by atoms with Gasteiger partial charge in [0.1, 0.15) is 5.58 Å². The molecule has 0 aliphatic heterocycles. The van der Waals surface area contributed by atoms with Crippen LogP contribution < -0.4 is 5.32 Å². The lowest BCUT2D eigenvalue weighted by Crippen LogP contribution is -2.21. The number of nitriles is 1. The molecule has 4 nitrogen and oxygen atoms in total. The van der Waals surface area contributed by atoms with Crippen molar-refractivity contribution in [3.8, 4) is 6.07 Å². The molecule has 17 heavy (non-hydrogen) atoms. The molecule has 2 rings (SSSR count). The highest BCUT2D eigenvalue weighted by molar-refractivity contribution is 5.82. The van der Waals surface area contributed by atoms with E-state index in [1.165, 1.54) is 0 Å². The van der Waals surface area contributed by atoms with E-state index in [2.05, 4.69) is 5.32 Å². The third kappa shape index (κ3) is 2.64. The SMILES string of the molecule is N#CCCC(=O)NCc1coc2ccccc12. The lowest BCUT2D eigenvalue weighted by molar-refractivity contribution is -0.121. The first-order valence-corrected chi connectivity index (χ1v) is 5.40. The fourth-order valence-corrected chi connectivity index (χ4v) is 1.62. The van der Waals surface area contributed by atoms with Gasteiger partial charge in [-0.2, -0.15) is 5.26 Å². The number of amides is 1. The van der Waals surface area contributed by atoms with Gasteiger partial charge in [-0.05, 0) is 6.07 Å². The van der Waals surface area contributed by atoms with E-state index in [0.717, 1.165) is 16.5 Å². The Morgan fingerprint density at radius 3 is 3.06 bits per heavy atom. The van der Waals surface area contributed by atoms with Gasteiger partial charge in [0, 0.05) is 30.3 Å². The van der Waals surface area contributed by atoms with E-state index in [4.69, 9.17) is 9.68 Å². The van der Waals surface area contributed by atoms with Gasteiger partial charge in [0.05, 0.1) is 12.3 Å². The predicted octanol–water partition coefficient (Wildman–Crippen LogP) is 2.35. The van der Waals surface area contributed by atoms with E-state index in [1.807, 2.05) is 30.3 Å². The molecular weight excluding hydrogens is 216 g/mol. The smallest absolute Gasteiger partial charge is 0.221 e. The van der Waals surface area contributed by atoms with Crippen molar-refractivity contribution in [1.29, 1.82) is 5.26 Å². The van der Waals surface area contributed by atoms with Gasteiger partial charge in [0.25, 0.3) is 0 Å². The summed E-state index contributed by atoms with van der Waals surface area (Å²) in [4.78, 5) is 11.3. The standard InChI is InChI=1S/C13H12N2O2/c14-7-3-6-13(16)15-8-10-9-17-12-5-2-1-4-11(10)12/h1-2,4-5,9H,3,6,8H2,(H,15,16). The Balaban J connectivity index is 2.00. The van der Waals surface area contributed by atoms with Crippen LogP contribution >= 0.6 is 0 Å². The monoisotopic (exact) mass is 228 g/mol. The lowest BCUT2D eigenvalue weighted by Gasteiger charge is -2.01. The van der Waals surface area contributed by atoms with E-state index in [1.54, 1.807) is 6.26 Å². The molecule has 1 N–H and O–H groups in total. The topological polar surface area (TPSA) is 66.0 Å². The van der Waals surface area contributed by atoms with Gasteiger partial charge in [-0.3, -0.25) is 4.79 Å². The molecule has 0 saturated heterocycles. The maximum atomic E-state index is 11.3. The molecule has 0 aliphatic rings. The van der Waals surface area contributed by atoms with E-state index >= 15 is 0 Å². The van der Waals surface area contributed by atoms with Crippen LogP contribution in [0.15, 0.2) is 34.9 Å². The molecule has 4 heteroatoms. The van der Waals surface area contributed by atoms with Gasteiger partial charge in [0.2, 0.25) is 5.91 Å². The molecule has 1 aromatic heterocycles. The van der Waals surface area contributed by atoms with Crippen LogP contribution in [0.5, 0.6) is 0 Å². The van der Waals surface area contributed by atoms with Crippen LogP contribution in [0, 0.1) is 11.3 Å². The number of nitrogens with one attached hydrogen (secondary N) is 1. The minimum Gasteiger partial charge on any atom is -0.464 e. The summed E-state index contributed by atoms with van der Waals surface area (Å²) < 4.78 is 5.36. The fraction of sp³-hybridized carbons (Fsp3) is 0.231. The second-order valence-corrected chi connectivity index (χ2v) is 3.69. The summed E-state index contributed by atoms with van der Waals surface area (Å²) in [6.07, 6.45) is 2.14. The zero-order valence-corrected chi connectivity index (χ0v) is 9.27. The Labute approximate surface area is 98.8 Å². The van der Waals surface area contributed by atoms with Gasteiger partial charge >= 0.3 is 0 Å². The summed E-state index contributed by atoms with van der Waals surface area (Å²) in [7, 11) is 0. The van der Waals surface area contributed by atoms with Crippen molar-refractivity contribution < 1.29 is 9.21 Å². The van der Waals surface area contributed by atoms with Crippen LogP contribution in [-0.2, 0) is 11.3 Å². The number of hydrogen-bond donors (Lipinski definition) is 1. The predicted molar refractivity (Wildman–Crippen MR) is 62.9 cm³/mol. The number of fused-ring (bicyclic) bond motifs is 1. The van der Waals surface area contributed by atoms with Crippen molar-refractivity contribution in [3.63, 3.8) is 0 Å². The molecular formula is C13H12N2O2.